The van der Waals surface area contributed by atoms with Gasteiger partial charge in [-0.15, -0.1) is 0 Å². The number of nitrogens with one attached hydrogen (secondary N) is 1. The van der Waals surface area contributed by atoms with Crippen LogP contribution in [-0.4, -0.2) is 29.2 Å². The molecule has 0 spiro atoms. The van der Waals surface area contributed by atoms with E-state index in [0.29, 0.717) is 18.8 Å². The monoisotopic (exact) mass is 315 g/mol. The molecule has 0 bridgehead atoms. The van der Waals surface area contributed by atoms with Crippen LogP contribution in [0.5, 0.6) is 0 Å². The van der Waals surface area contributed by atoms with Gasteiger partial charge in [0.25, 0.3) is 5.69 Å². The Morgan fingerprint density at radius 1 is 1.17 bits per heavy atom. The molecule has 0 heterocycles. The van der Waals surface area contributed by atoms with E-state index >= 15 is 0 Å². The second-order valence-corrected chi connectivity index (χ2v) is 4.92. The van der Waals surface area contributed by atoms with E-state index in [4.69, 9.17) is 5.11 Å². The second kappa shape index (κ2) is 7.79. The molecule has 23 heavy (non-hydrogen) atoms. The van der Waals surface area contributed by atoms with E-state index in [0.717, 1.165) is 5.56 Å². The molecule has 7 heteroatoms. The van der Waals surface area contributed by atoms with Gasteiger partial charge in [-0.25, -0.2) is 4.79 Å². The van der Waals surface area contributed by atoms with Crippen molar-refractivity contribution in [3.05, 3.63) is 70.3 Å². The van der Waals surface area contributed by atoms with Crippen LogP contribution in [0.15, 0.2) is 54.6 Å². The molecule has 2 N–H and O–H groups in total. The predicted octanol–water partition coefficient (Wildman–Crippen LogP) is 2.87. The van der Waals surface area contributed by atoms with Gasteiger partial charge in [0.05, 0.1) is 4.92 Å². The lowest BCUT2D eigenvalue weighted by Gasteiger charge is -2.24. The molecule has 0 aliphatic rings. The van der Waals surface area contributed by atoms with Gasteiger partial charge in [-0.1, -0.05) is 36.4 Å². The number of nitrogens with zero attached hydrogens (tertiary/aromatic N) is 2. The first-order valence-electron chi connectivity index (χ1n) is 7.06. The van der Waals surface area contributed by atoms with Crippen molar-refractivity contribution in [2.75, 3.05) is 18.0 Å². The highest BCUT2D eigenvalue weighted by Gasteiger charge is 2.12. The van der Waals surface area contributed by atoms with Crippen LogP contribution < -0.4 is 10.2 Å². The van der Waals surface area contributed by atoms with E-state index in [1.807, 2.05) is 35.2 Å². The highest BCUT2D eigenvalue weighted by atomic mass is 16.6. The SMILES string of the molecule is O=C(O)NCCN(Cc1ccccc1)c1cccc([N+](=O)[O-])c1. The van der Waals surface area contributed by atoms with E-state index in [2.05, 4.69) is 5.32 Å². The van der Waals surface area contributed by atoms with Crippen LogP contribution in [0.4, 0.5) is 16.2 Å². The molecule has 0 aliphatic carbocycles. The lowest BCUT2D eigenvalue weighted by atomic mass is 10.2. The third-order valence-electron chi connectivity index (χ3n) is 3.28. The number of carboxylic acid groups (broad SMARTS) is 1. The maximum absolute atomic E-state index is 10.9. The molecule has 0 fully saturated rings. The van der Waals surface area contributed by atoms with Crippen LogP contribution in [0.1, 0.15) is 5.56 Å². The number of nitro benzene ring substituents is 1. The highest BCUT2D eigenvalue weighted by molar-refractivity contribution is 5.64. The van der Waals surface area contributed by atoms with Gasteiger partial charge in [0.15, 0.2) is 0 Å². The normalized spacial score (nSPS) is 10.1. The standard InChI is InChI=1S/C16H17N3O4/c20-16(21)17-9-10-18(12-13-5-2-1-3-6-13)14-7-4-8-15(11-14)19(22)23/h1-8,11,17H,9-10,12H2,(H,20,21). The molecule has 0 saturated heterocycles. The minimum atomic E-state index is -1.09. The topological polar surface area (TPSA) is 95.7 Å². The number of nitro groups is 1. The van der Waals surface area contributed by atoms with Crippen LogP contribution in [-0.2, 0) is 6.54 Å². The molecule has 0 aromatic heterocycles. The Morgan fingerprint density at radius 2 is 1.91 bits per heavy atom. The maximum Gasteiger partial charge on any atom is 0.404 e. The molecule has 120 valence electrons. The van der Waals surface area contributed by atoms with Crippen LogP contribution in [0, 0.1) is 10.1 Å². The van der Waals surface area contributed by atoms with Gasteiger partial charge in [-0.2, -0.15) is 0 Å². The van der Waals surface area contributed by atoms with Crippen molar-refractivity contribution in [1.29, 1.82) is 0 Å². The van der Waals surface area contributed by atoms with E-state index in [1.165, 1.54) is 12.1 Å². The molecular weight excluding hydrogens is 298 g/mol. The highest BCUT2D eigenvalue weighted by Crippen LogP contribution is 2.22. The summed E-state index contributed by atoms with van der Waals surface area (Å²) in [4.78, 5) is 23.0. The van der Waals surface area contributed by atoms with Gasteiger partial charge >= 0.3 is 6.09 Å². The van der Waals surface area contributed by atoms with Crippen molar-refractivity contribution >= 4 is 17.5 Å². The van der Waals surface area contributed by atoms with Crippen molar-refractivity contribution in [2.45, 2.75) is 6.54 Å². The second-order valence-electron chi connectivity index (χ2n) is 4.92. The Balaban J connectivity index is 2.19. The largest absolute Gasteiger partial charge is 0.465 e. The van der Waals surface area contributed by atoms with Crippen LogP contribution >= 0.6 is 0 Å². The van der Waals surface area contributed by atoms with Crippen LogP contribution in [0.25, 0.3) is 0 Å². The molecule has 1 amide bonds. The van der Waals surface area contributed by atoms with Crippen molar-refractivity contribution in [1.82, 2.24) is 5.32 Å². The summed E-state index contributed by atoms with van der Waals surface area (Å²) in [6.45, 7) is 1.16. The molecule has 2 rings (SSSR count). The van der Waals surface area contributed by atoms with Gasteiger partial charge in [0.1, 0.15) is 0 Å². The van der Waals surface area contributed by atoms with Crippen LogP contribution in [0.3, 0.4) is 0 Å². The Hall–Kier alpha value is -3.09. The molecule has 0 unspecified atom stereocenters. The Labute approximate surface area is 133 Å². The maximum atomic E-state index is 10.9. The third-order valence-corrected chi connectivity index (χ3v) is 3.28. The lowest BCUT2D eigenvalue weighted by molar-refractivity contribution is -0.384. The fourth-order valence-corrected chi connectivity index (χ4v) is 2.20. The fourth-order valence-electron chi connectivity index (χ4n) is 2.20. The summed E-state index contributed by atoms with van der Waals surface area (Å²) in [6.07, 6.45) is -1.09. The molecule has 0 aliphatic heterocycles. The molecule has 0 saturated carbocycles. The molecule has 7 nitrogen and oxygen atoms in total. The number of hydrogen-bond acceptors (Lipinski definition) is 4. The molecule has 2 aromatic rings. The molecular formula is C16H17N3O4. The predicted molar refractivity (Wildman–Crippen MR) is 86.6 cm³/mol. The van der Waals surface area contributed by atoms with Gasteiger partial charge < -0.3 is 15.3 Å². The molecule has 2 aromatic carbocycles. The quantitative estimate of drug-likeness (QED) is 0.605. The average Bonchev–Trinajstić information content (AvgIpc) is 2.54. The number of anilines is 1. The van der Waals surface area contributed by atoms with Crippen molar-refractivity contribution in [2.24, 2.45) is 0 Å². The number of carbonyl (C=O) groups is 1. The number of amides is 1. The smallest absolute Gasteiger partial charge is 0.404 e. The first kappa shape index (κ1) is 16.3. The summed E-state index contributed by atoms with van der Waals surface area (Å²) in [5.74, 6) is 0. The zero-order chi connectivity index (χ0) is 16.7. The van der Waals surface area contributed by atoms with Crippen molar-refractivity contribution in [3.63, 3.8) is 0 Å². The number of benzene rings is 2. The van der Waals surface area contributed by atoms with E-state index < -0.39 is 11.0 Å². The van der Waals surface area contributed by atoms with Crippen molar-refractivity contribution in [3.8, 4) is 0 Å². The Bertz CT molecular complexity index is 676. The van der Waals surface area contributed by atoms with Gasteiger partial charge in [0, 0.05) is 37.5 Å². The number of non-ortho nitro benzene ring substituents is 1. The summed E-state index contributed by atoms with van der Waals surface area (Å²) in [5, 5.41) is 21.9. The summed E-state index contributed by atoms with van der Waals surface area (Å²) < 4.78 is 0. The van der Waals surface area contributed by atoms with Crippen molar-refractivity contribution < 1.29 is 14.8 Å². The first-order chi connectivity index (χ1) is 11.1. The third kappa shape index (κ3) is 4.99. The summed E-state index contributed by atoms with van der Waals surface area (Å²) >= 11 is 0. The summed E-state index contributed by atoms with van der Waals surface area (Å²) in [6, 6.07) is 16.0. The minimum Gasteiger partial charge on any atom is -0.465 e. The Morgan fingerprint density at radius 3 is 2.57 bits per heavy atom. The number of hydrogen-bond donors (Lipinski definition) is 2. The fraction of sp³-hybridized carbons (Fsp3) is 0.188. The molecule has 0 atom stereocenters. The zero-order valence-corrected chi connectivity index (χ0v) is 12.4. The van der Waals surface area contributed by atoms with E-state index in [9.17, 15) is 14.9 Å². The lowest BCUT2D eigenvalue weighted by Crippen LogP contribution is -2.34. The van der Waals surface area contributed by atoms with E-state index in [-0.39, 0.29) is 12.2 Å². The first-order valence-corrected chi connectivity index (χ1v) is 7.06. The summed E-state index contributed by atoms with van der Waals surface area (Å²) in [7, 11) is 0. The van der Waals surface area contributed by atoms with Gasteiger partial charge in [-0.3, -0.25) is 10.1 Å². The minimum absolute atomic E-state index is 0.00626. The van der Waals surface area contributed by atoms with Gasteiger partial charge in [-0.05, 0) is 11.6 Å². The number of rotatable bonds is 7. The zero-order valence-electron chi connectivity index (χ0n) is 12.4. The average molecular weight is 315 g/mol. The van der Waals surface area contributed by atoms with Gasteiger partial charge in [0.2, 0.25) is 0 Å². The van der Waals surface area contributed by atoms with E-state index in [1.54, 1.807) is 12.1 Å². The molecule has 0 radical (unpaired) electrons. The summed E-state index contributed by atoms with van der Waals surface area (Å²) in [5.41, 5.74) is 1.72. The van der Waals surface area contributed by atoms with Crippen LogP contribution in [0.2, 0.25) is 0 Å². The Kier molecular flexibility index (Phi) is 5.51.